The van der Waals surface area contributed by atoms with E-state index in [2.05, 4.69) is 39.8 Å². The van der Waals surface area contributed by atoms with Gasteiger partial charge in [-0.3, -0.25) is 9.79 Å². The molecule has 1 N–H and O–H groups in total. The lowest BCUT2D eigenvalue weighted by molar-refractivity contribution is -0.138. The number of amides is 1. The Morgan fingerprint density at radius 2 is 2.10 bits per heavy atom. The number of piperidine rings is 1. The third-order valence-electron chi connectivity index (χ3n) is 5.79. The van der Waals surface area contributed by atoms with Crippen molar-refractivity contribution in [3.63, 3.8) is 0 Å². The lowest BCUT2D eigenvalue weighted by Gasteiger charge is -2.39. The second-order valence-corrected chi connectivity index (χ2v) is 8.16. The van der Waals surface area contributed by atoms with Gasteiger partial charge in [0.05, 0.1) is 23.9 Å². The number of aliphatic imine (C=N–C) groups is 1. The number of anilines is 1. The van der Waals surface area contributed by atoms with Gasteiger partial charge in [-0.2, -0.15) is 5.26 Å². The van der Waals surface area contributed by atoms with Gasteiger partial charge in [0.2, 0.25) is 0 Å². The van der Waals surface area contributed by atoms with Gasteiger partial charge in [-0.05, 0) is 64.5 Å². The summed E-state index contributed by atoms with van der Waals surface area (Å²) in [6.07, 6.45) is 4.51. The summed E-state index contributed by atoms with van der Waals surface area (Å²) in [6.45, 7) is 10.7. The number of nitrogens with one attached hydrogen (secondary N) is 1. The number of nitriles is 1. The van der Waals surface area contributed by atoms with Crippen molar-refractivity contribution in [2.75, 3.05) is 38.1 Å². The second-order valence-electron chi connectivity index (χ2n) is 8.16. The Balaban J connectivity index is 1.77. The molecule has 2 atom stereocenters. The molecule has 0 spiro atoms. The van der Waals surface area contributed by atoms with E-state index >= 15 is 0 Å². The summed E-state index contributed by atoms with van der Waals surface area (Å²) in [4.78, 5) is 21.8. The lowest BCUT2D eigenvalue weighted by Crippen LogP contribution is -2.55. The van der Waals surface area contributed by atoms with Crippen LogP contribution in [0.1, 0.15) is 30.9 Å². The van der Waals surface area contributed by atoms with Crippen molar-refractivity contribution < 1.29 is 9.53 Å². The number of morpholine rings is 1. The number of carbonyl (C=O) groups is 1. The third-order valence-corrected chi connectivity index (χ3v) is 5.79. The Bertz CT molecular complexity index is 852. The monoisotopic (exact) mass is 409 g/mol. The highest BCUT2D eigenvalue weighted by Gasteiger charge is 2.33. The Morgan fingerprint density at radius 3 is 2.77 bits per heavy atom. The van der Waals surface area contributed by atoms with Gasteiger partial charge in [0.25, 0.3) is 5.91 Å². The lowest BCUT2D eigenvalue weighted by atomic mass is 10.0. The van der Waals surface area contributed by atoms with E-state index in [0.29, 0.717) is 24.3 Å². The van der Waals surface area contributed by atoms with E-state index in [4.69, 9.17) is 4.74 Å². The average molecular weight is 410 g/mol. The summed E-state index contributed by atoms with van der Waals surface area (Å²) in [6, 6.07) is 6.13. The maximum atomic E-state index is 12.9. The smallest absolute Gasteiger partial charge is 0.251 e. The standard InChI is InChI=1S/C23H31N5O2/c1-5-10-25-22-17(3)20(7-6-18(22)13-24)28-14-16(2)30-21(15-28)23(29)26-19-8-11-27(4)12-9-19/h5-7,10,16,19,21H,1,8-9,11-12,14-15H2,2-4H3,(H,26,29)/b25-10-/t16-,21-/m1/s1. The van der Waals surface area contributed by atoms with E-state index in [-0.39, 0.29) is 18.1 Å². The minimum absolute atomic E-state index is 0.0442. The van der Waals surface area contributed by atoms with Gasteiger partial charge in [-0.25, -0.2) is 0 Å². The molecule has 2 aliphatic rings. The molecule has 0 radical (unpaired) electrons. The summed E-state index contributed by atoms with van der Waals surface area (Å²) >= 11 is 0. The van der Waals surface area contributed by atoms with Crippen LogP contribution in [0.5, 0.6) is 0 Å². The van der Waals surface area contributed by atoms with Crippen LogP contribution in [0.25, 0.3) is 0 Å². The maximum Gasteiger partial charge on any atom is 0.251 e. The van der Waals surface area contributed by atoms with E-state index in [1.54, 1.807) is 18.4 Å². The van der Waals surface area contributed by atoms with Crippen LogP contribution in [0.3, 0.4) is 0 Å². The first kappa shape index (κ1) is 22.0. The molecule has 1 amide bonds. The van der Waals surface area contributed by atoms with Crippen LogP contribution >= 0.6 is 0 Å². The molecule has 1 aromatic carbocycles. The molecule has 3 rings (SSSR count). The molecule has 0 bridgehead atoms. The van der Waals surface area contributed by atoms with Crippen LogP contribution in [0.4, 0.5) is 11.4 Å². The fourth-order valence-corrected chi connectivity index (χ4v) is 4.16. The summed E-state index contributed by atoms with van der Waals surface area (Å²) in [5.74, 6) is -0.0442. The van der Waals surface area contributed by atoms with E-state index < -0.39 is 6.10 Å². The van der Waals surface area contributed by atoms with Gasteiger partial charge in [-0.15, -0.1) is 0 Å². The molecule has 2 heterocycles. The van der Waals surface area contributed by atoms with Crippen molar-refractivity contribution in [2.24, 2.45) is 4.99 Å². The quantitative estimate of drug-likeness (QED) is 0.756. The number of likely N-dealkylation sites (tertiary alicyclic amines) is 1. The fourth-order valence-electron chi connectivity index (χ4n) is 4.16. The molecule has 30 heavy (non-hydrogen) atoms. The number of nitrogens with zero attached hydrogens (tertiary/aromatic N) is 4. The van der Waals surface area contributed by atoms with Crippen LogP contribution in [-0.4, -0.2) is 68.5 Å². The molecule has 1 aromatic rings. The van der Waals surface area contributed by atoms with Gasteiger partial charge >= 0.3 is 0 Å². The third kappa shape index (κ3) is 5.07. The normalized spacial score (nSPS) is 23.3. The van der Waals surface area contributed by atoms with Gasteiger partial charge < -0.3 is 19.9 Å². The predicted octanol–water partition coefficient (Wildman–Crippen LogP) is 2.56. The van der Waals surface area contributed by atoms with Crippen LogP contribution < -0.4 is 10.2 Å². The van der Waals surface area contributed by atoms with Crippen molar-refractivity contribution in [1.29, 1.82) is 5.26 Å². The Hall–Kier alpha value is -2.69. The number of hydrogen-bond donors (Lipinski definition) is 1. The highest BCUT2D eigenvalue weighted by molar-refractivity contribution is 5.83. The van der Waals surface area contributed by atoms with Crippen molar-refractivity contribution in [3.05, 3.63) is 35.9 Å². The molecule has 7 heteroatoms. The molecule has 0 unspecified atom stereocenters. The van der Waals surface area contributed by atoms with Crippen molar-refractivity contribution in [2.45, 2.75) is 44.9 Å². The van der Waals surface area contributed by atoms with Gasteiger partial charge in [-0.1, -0.05) is 12.7 Å². The van der Waals surface area contributed by atoms with Crippen LogP contribution in [0, 0.1) is 18.3 Å². The zero-order valence-electron chi connectivity index (χ0n) is 18.1. The zero-order chi connectivity index (χ0) is 21.7. The molecule has 7 nitrogen and oxygen atoms in total. The number of allylic oxidation sites excluding steroid dienone is 1. The van der Waals surface area contributed by atoms with Crippen molar-refractivity contribution in [1.82, 2.24) is 10.2 Å². The van der Waals surface area contributed by atoms with E-state index in [1.807, 2.05) is 19.9 Å². The molecule has 0 aliphatic carbocycles. The number of ether oxygens (including phenoxy) is 1. The number of hydrogen-bond acceptors (Lipinski definition) is 6. The summed E-state index contributed by atoms with van der Waals surface area (Å²) in [5, 5.41) is 12.6. The zero-order valence-corrected chi connectivity index (χ0v) is 18.1. The van der Waals surface area contributed by atoms with Crippen LogP contribution in [0.2, 0.25) is 0 Å². The second kappa shape index (κ2) is 9.88. The topological polar surface area (TPSA) is 81.0 Å². The van der Waals surface area contributed by atoms with Gasteiger partial charge in [0, 0.05) is 24.5 Å². The summed E-state index contributed by atoms with van der Waals surface area (Å²) < 4.78 is 5.98. The first-order valence-electron chi connectivity index (χ1n) is 10.5. The SMILES string of the molecule is C=C/C=N\c1c(C#N)ccc(N2C[C@@H](C)O[C@@H](C(=O)NC3CCN(C)CC3)C2)c1C. The first-order chi connectivity index (χ1) is 14.4. The van der Waals surface area contributed by atoms with Crippen molar-refractivity contribution >= 4 is 23.5 Å². The van der Waals surface area contributed by atoms with E-state index in [9.17, 15) is 10.1 Å². The summed E-state index contributed by atoms with van der Waals surface area (Å²) in [5.41, 5.74) is 3.04. The highest BCUT2D eigenvalue weighted by atomic mass is 16.5. The molecule has 0 aromatic heterocycles. The minimum atomic E-state index is -0.524. The average Bonchev–Trinajstić information content (AvgIpc) is 2.73. The Morgan fingerprint density at radius 1 is 1.37 bits per heavy atom. The Labute approximate surface area is 179 Å². The molecule has 0 saturated carbocycles. The van der Waals surface area contributed by atoms with E-state index in [0.717, 1.165) is 37.2 Å². The maximum absolute atomic E-state index is 12.9. The first-order valence-corrected chi connectivity index (χ1v) is 10.5. The highest BCUT2D eigenvalue weighted by Crippen LogP contribution is 2.33. The fraction of sp³-hybridized carbons (Fsp3) is 0.522. The predicted molar refractivity (Wildman–Crippen MR) is 119 cm³/mol. The Kier molecular flexibility index (Phi) is 7.24. The molecule has 2 saturated heterocycles. The molecule has 2 fully saturated rings. The summed E-state index contributed by atoms with van der Waals surface area (Å²) in [7, 11) is 2.11. The van der Waals surface area contributed by atoms with Crippen molar-refractivity contribution in [3.8, 4) is 6.07 Å². The molecule has 160 valence electrons. The number of carbonyl (C=O) groups excluding carboxylic acids is 1. The number of rotatable bonds is 5. The van der Waals surface area contributed by atoms with Crippen LogP contribution in [0.15, 0.2) is 29.8 Å². The molecule has 2 aliphatic heterocycles. The van der Waals surface area contributed by atoms with E-state index in [1.165, 1.54) is 0 Å². The van der Waals surface area contributed by atoms with Crippen LogP contribution in [-0.2, 0) is 9.53 Å². The van der Waals surface area contributed by atoms with Gasteiger partial charge in [0.1, 0.15) is 6.07 Å². The minimum Gasteiger partial charge on any atom is -0.366 e. The van der Waals surface area contributed by atoms with Gasteiger partial charge in [0.15, 0.2) is 6.10 Å². The largest absolute Gasteiger partial charge is 0.366 e. The number of benzene rings is 1. The molecular formula is C23H31N5O2. The molecular weight excluding hydrogens is 378 g/mol.